The first-order valence-corrected chi connectivity index (χ1v) is 6.53. The molecule has 0 aromatic heterocycles. The van der Waals surface area contributed by atoms with Crippen LogP contribution in [0, 0.1) is 0 Å². The van der Waals surface area contributed by atoms with Crippen molar-refractivity contribution in [1.82, 2.24) is 0 Å². The van der Waals surface area contributed by atoms with Crippen LogP contribution < -0.4 is 0 Å². The highest BCUT2D eigenvalue weighted by Crippen LogP contribution is 2.33. The molecule has 0 spiro atoms. The number of aliphatic hydroxyl groups excluding tert-OH is 3. The number of carbonyl (C=O) groups is 1. The van der Waals surface area contributed by atoms with Gasteiger partial charge in [-0.3, -0.25) is 0 Å². The largest absolute Gasteiger partial charge is 0.479 e. The van der Waals surface area contributed by atoms with Gasteiger partial charge in [-0.15, -0.1) is 0 Å². The lowest BCUT2D eigenvalue weighted by molar-refractivity contribution is -0.209. The van der Waals surface area contributed by atoms with Crippen LogP contribution in [0.25, 0.3) is 0 Å². The van der Waals surface area contributed by atoms with Crippen LogP contribution in [0.1, 0.15) is 0 Å². The Morgan fingerprint density at radius 3 is 2.26 bits per heavy atom. The zero-order valence-corrected chi connectivity index (χ0v) is 10.6. The third-order valence-corrected chi connectivity index (χ3v) is 3.98. The number of hydrogen-bond acceptors (Lipinski definition) is 6. The summed E-state index contributed by atoms with van der Waals surface area (Å²) in [6.45, 7) is 0. The van der Waals surface area contributed by atoms with E-state index < -0.39 is 35.8 Å². The van der Waals surface area contributed by atoms with Gasteiger partial charge < -0.3 is 25.2 Å². The van der Waals surface area contributed by atoms with E-state index in [-0.39, 0.29) is 0 Å². The van der Waals surface area contributed by atoms with Crippen LogP contribution in [-0.2, 0) is 9.53 Å². The van der Waals surface area contributed by atoms with E-state index in [2.05, 4.69) is 0 Å². The molecular formula is C12H14O6S. The predicted molar refractivity (Wildman–Crippen MR) is 66.6 cm³/mol. The number of hydrogen-bond donors (Lipinski definition) is 4. The zero-order valence-electron chi connectivity index (χ0n) is 9.79. The molecule has 0 bridgehead atoms. The monoisotopic (exact) mass is 286 g/mol. The number of ether oxygens (including phenoxy) is 1. The summed E-state index contributed by atoms with van der Waals surface area (Å²) in [7, 11) is 0. The van der Waals surface area contributed by atoms with Gasteiger partial charge in [0.15, 0.2) is 6.10 Å². The van der Waals surface area contributed by atoms with Gasteiger partial charge in [0.2, 0.25) is 0 Å². The minimum atomic E-state index is -1.65. The molecule has 5 atom stereocenters. The van der Waals surface area contributed by atoms with Gasteiger partial charge in [-0.1, -0.05) is 30.0 Å². The smallest absolute Gasteiger partial charge is 0.335 e. The van der Waals surface area contributed by atoms with Gasteiger partial charge in [0.1, 0.15) is 23.7 Å². The summed E-state index contributed by atoms with van der Waals surface area (Å²) in [6, 6.07) is 8.94. The molecule has 1 saturated heterocycles. The lowest BCUT2D eigenvalue weighted by Gasteiger charge is -2.38. The first-order chi connectivity index (χ1) is 9.00. The van der Waals surface area contributed by atoms with Crippen LogP contribution in [0.4, 0.5) is 0 Å². The second kappa shape index (κ2) is 5.89. The standard InChI is InChI=1S/C12H14O6S/c13-7-8(14)10(11(16)17)18-12(9(7)15)19-6-4-2-1-3-5-6/h1-5,7-10,12-15H,(H,16,17)/t7-,8-,9+,10-,12-/m0/s1. The summed E-state index contributed by atoms with van der Waals surface area (Å²) in [4.78, 5) is 11.7. The lowest BCUT2D eigenvalue weighted by Crippen LogP contribution is -2.58. The summed E-state index contributed by atoms with van der Waals surface area (Å²) in [5, 5.41) is 37.9. The quantitative estimate of drug-likeness (QED) is 0.602. The first kappa shape index (κ1) is 14.3. The Labute approximate surface area is 113 Å². The second-order valence-corrected chi connectivity index (χ2v) is 5.34. The summed E-state index contributed by atoms with van der Waals surface area (Å²) in [6.07, 6.45) is -6.13. The summed E-state index contributed by atoms with van der Waals surface area (Å²) in [5.41, 5.74) is -0.957. The zero-order chi connectivity index (χ0) is 14.0. The molecule has 1 aromatic rings. The molecule has 19 heavy (non-hydrogen) atoms. The van der Waals surface area contributed by atoms with Gasteiger partial charge in [-0.2, -0.15) is 0 Å². The van der Waals surface area contributed by atoms with Crippen molar-refractivity contribution >= 4 is 17.7 Å². The van der Waals surface area contributed by atoms with E-state index >= 15 is 0 Å². The molecule has 4 N–H and O–H groups in total. The maximum Gasteiger partial charge on any atom is 0.335 e. The maximum absolute atomic E-state index is 10.9. The minimum absolute atomic E-state index is 0.763. The van der Waals surface area contributed by atoms with Gasteiger partial charge >= 0.3 is 5.97 Å². The van der Waals surface area contributed by atoms with Crippen molar-refractivity contribution in [1.29, 1.82) is 0 Å². The van der Waals surface area contributed by atoms with Crippen LogP contribution in [0.15, 0.2) is 35.2 Å². The van der Waals surface area contributed by atoms with Crippen LogP contribution in [0.3, 0.4) is 0 Å². The molecule has 0 amide bonds. The Kier molecular flexibility index (Phi) is 4.43. The number of carboxylic acid groups (broad SMARTS) is 1. The molecule has 1 aliphatic heterocycles. The molecule has 6 nitrogen and oxygen atoms in total. The SMILES string of the molecule is O=C(O)[C@H]1O[C@@H](Sc2ccccc2)[C@H](O)[C@@H](O)[C@@H]1O. The van der Waals surface area contributed by atoms with Crippen LogP contribution in [-0.4, -0.2) is 56.2 Å². The van der Waals surface area contributed by atoms with Crippen molar-refractivity contribution < 1.29 is 30.0 Å². The number of aliphatic hydroxyl groups is 3. The Morgan fingerprint density at radius 2 is 1.68 bits per heavy atom. The molecule has 0 unspecified atom stereocenters. The van der Waals surface area contributed by atoms with E-state index in [4.69, 9.17) is 9.84 Å². The Balaban J connectivity index is 2.13. The van der Waals surface area contributed by atoms with Crippen molar-refractivity contribution in [3.63, 3.8) is 0 Å². The molecule has 0 radical (unpaired) electrons. The Bertz CT molecular complexity index is 439. The van der Waals surface area contributed by atoms with Gasteiger partial charge in [0.25, 0.3) is 0 Å². The number of carboxylic acids is 1. The van der Waals surface area contributed by atoms with E-state index in [9.17, 15) is 20.1 Å². The third-order valence-electron chi connectivity index (χ3n) is 2.81. The van der Waals surface area contributed by atoms with E-state index in [0.29, 0.717) is 0 Å². The van der Waals surface area contributed by atoms with Gasteiger partial charge in [-0.05, 0) is 12.1 Å². The normalized spacial score (nSPS) is 35.0. The highest BCUT2D eigenvalue weighted by Gasteiger charge is 2.47. The molecule has 1 aliphatic rings. The average Bonchev–Trinajstić information content (AvgIpc) is 2.40. The molecule has 1 fully saturated rings. The fourth-order valence-electron chi connectivity index (χ4n) is 1.78. The molecule has 0 saturated carbocycles. The van der Waals surface area contributed by atoms with Gasteiger partial charge in [0.05, 0.1) is 0 Å². The summed E-state index contributed by atoms with van der Waals surface area (Å²) < 4.78 is 5.15. The second-order valence-electron chi connectivity index (χ2n) is 4.17. The van der Waals surface area contributed by atoms with Crippen LogP contribution in [0.5, 0.6) is 0 Å². The average molecular weight is 286 g/mol. The van der Waals surface area contributed by atoms with Crippen molar-refractivity contribution in [2.45, 2.75) is 34.7 Å². The third kappa shape index (κ3) is 3.07. The van der Waals surface area contributed by atoms with Crippen molar-refractivity contribution in [2.75, 3.05) is 0 Å². The van der Waals surface area contributed by atoms with Gasteiger partial charge in [0, 0.05) is 4.90 Å². The number of thioether (sulfide) groups is 1. The van der Waals surface area contributed by atoms with Crippen molar-refractivity contribution in [3.8, 4) is 0 Å². The molecule has 0 aliphatic carbocycles. The highest BCUT2D eigenvalue weighted by molar-refractivity contribution is 7.99. The minimum Gasteiger partial charge on any atom is -0.479 e. The number of rotatable bonds is 3. The Morgan fingerprint density at radius 1 is 1.05 bits per heavy atom. The van der Waals surface area contributed by atoms with Crippen LogP contribution in [0.2, 0.25) is 0 Å². The maximum atomic E-state index is 10.9. The molecule has 1 heterocycles. The fourth-order valence-corrected chi connectivity index (χ4v) is 2.84. The van der Waals surface area contributed by atoms with E-state index in [1.54, 1.807) is 24.3 Å². The first-order valence-electron chi connectivity index (χ1n) is 5.65. The summed E-state index contributed by atoms with van der Waals surface area (Å²) >= 11 is 1.09. The molecule has 104 valence electrons. The van der Waals surface area contributed by atoms with E-state index in [1.165, 1.54) is 0 Å². The number of aliphatic carboxylic acids is 1. The van der Waals surface area contributed by atoms with Crippen molar-refractivity contribution in [2.24, 2.45) is 0 Å². The molecule has 1 aromatic carbocycles. The molecular weight excluding hydrogens is 272 g/mol. The predicted octanol–water partition coefficient (Wildman–Crippen LogP) is -0.329. The van der Waals surface area contributed by atoms with Gasteiger partial charge in [-0.25, -0.2) is 4.79 Å². The van der Waals surface area contributed by atoms with Crippen molar-refractivity contribution in [3.05, 3.63) is 30.3 Å². The van der Waals surface area contributed by atoms with Crippen LogP contribution >= 0.6 is 11.8 Å². The van der Waals surface area contributed by atoms with E-state index in [0.717, 1.165) is 16.7 Å². The molecule has 7 heteroatoms. The highest BCUT2D eigenvalue weighted by atomic mass is 32.2. The summed E-state index contributed by atoms with van der Waals surface area (Å²) in [5.74, 6) is -1.38. The lowest BCUT2D eigenvalue weighted by atomic mass is 10.0. The molecule has 2 rings (SSSR count). The number of benzene rings is 1. The fraction of sp³-hybridized carbons (Fsp3) is 0.417. The van der Waals surface area contributed by atoms with E-state index in [1.807, 2.05) is 6.07 Å². The topological polar surface area (TPSA) is 107 Å². The Hall–Kier alpha value is -1.12.